The number of nitrogens with one attached hydrogen (secondary N) is 3. The summed E-state index contributed by atoms with van der Waals surface area (Å²) in [6.07, 6.45) is 0.930. The molecule has 0 amide bonds. The summed E-state index contributed by atoms with van der Waals surface area (Å²) in [5.74, 6) is 0. The van der Waals surface area contributed by atoms with Crippen molar-refractivity contribution in [1.29, 1.82) is 0 Å². The third-order valence-corrected chi connectivity index (χ3v) is 44.0. The van der Waals surface area contributed by atoms with E-state index in [-0.39, 0.29) is 24.6 Å². The van der Waals surface area contributed by atoms with Crippen LogP contribution in [0.1, 0.15) is 19.3 Å². The average Bonchev–Trinajstić information content (AvgIpc) is 2.98. The molecule has 13 N–H and O–H groups in total. The molecule has 1 rings (SSSR count). The lowest BCUT2D eigenvalue weighted by Crippen LogP contribution is -2.75. The summed E-state index contributed by atoms with van der Waals surface area (Å²) >= 11 is 0. The van der Waals surface area contributed by atoms with Gasteiger partial charge in [0.2, 0.25) is 0 Å². The van der Waals surface area contributed by atoms with Gasteiger partial charge in [-0.15, -0.1) is 0 Å². The van der Waals surface area contributed by atoms with E-state index in [1.807, 2.05) is 78.6 Å². The van der Waals surface area contributed by atoms with Crippen LogP contribution in [0, 0.1) is 0 Å². The Morgan fingerprint density at radius 1 is 0.435 bits per heavy atom. The largest absolute Gasteiger partial charge is 0.646 e. The van der Waals surface area contributed by atoms with Crippen molar-refractivity contribution in [2.75, 3.05) is 58.9 Å². The number of hydrogen-bond acceptors (Lipinski definition) is 21. The first kappa shape index (κ1) is 61.6. The predicted molar refractivity (Wildman–Crippen MR) is 266 cm³/mol. The van der Waals surface area contributed by atoms with Crippen LogP contribution in [0.2, 0.25) is 116 Å². The molecule has 21 nitrogen and oxygen atoms in total. The highest BCUT2D eigenvalue weighted by atomic mass is 28.6. The fraction of sp³-hybridized carbons (Fsp3) is 1.00. The zero-order valence-electron chi connectivity index (χ0n) is 40.6. The van der Waals surface area contributed by atoms with Gasteiger partial charge in [0.25, 0.3) is 0 Å². The molecule has 0 radical (unpaired) electrons. The monoisotopic (exact) mass is 1080 g/mol. The van der Waals surface area contributed by atoms with E-state index in [1.165, 1.54) is 6.55 Å². The topological polar surface area (TPSA) is 297 Å². The minimum absolute atomic E-state index is 0.0451. The first-order chi connectivity index (χ1) is 28.0. The Labute approximate surface area is 385 Å². The van der Waals surface area contributed by atoms with E-state index >= 15 is 0 Å². The van der Waals surface area contributed by atoms with Gasteiger partial charge in [-0.1, -0.05) is 0 Å². The second-order valence-corrected chi connectivity index (χ2v) is 57.7. The fourth-order valence-electron chi connectivity index (χ4n) is 6.47. The van der Waals surface area contributed by atoms with Crippen LogP contribution >= 0.6 is 0 Å². The molecule has 7 atom stereocenters. The van der Waals surface area contributed by atoms with Crippen LogP contribution in [0.25, 0.3) is 0 Å². The molecule has 0 aromatic heterocycles. The van der Waals surface area contributed by atoms with Crippen molar-refractivity contribution in [3.05, 3.63) is 0 Å². The maximum Gasteiger partial charge on any atom is 0.646 e. The van der Waals surface area contributed by atoms with Crippen LogP contribution in [-0.2, 0) is 45.3 Å². The van der Waals surface area contributed by atoms with Gasteiger partial charge in [0.15, 0.2) is 33.3 Å². The highest BCUT2D eigenvalue weighted by Gasteiger charge is 2.69. The van der Waals surface area contributed by atoms with Crippen LogP contribution in [0.4, 0.5) is 0 Å². The predicted octanol–water partition coefficient (Wildman–Crippen LogP) is 1.27. The van der Waals surface area contributed by atoms with Crippen molar-refractivity contribution in [3.63, 3.8) is 0 Å². The molecule has 1 fully saturated rings. The van der Waals surface area contributed by atoms with Gasteiger partial charge < -0.3 is 97.6 Å². The molecule has 32 heteroatoms. The van der Waals surface area contributed by atoms with Crippen molar-refractivity contribution in [1.82, 2.24) is 16.0 Å². The van der Waals surface area contributed by atoms with Crippen LogP contribution in [0.3, 0.4) is 0 Å². The molecule has 1 heterocycles. The third kappa shape index (κ3) is 26.9. The van der Waals surface area contributed by atoms with E-state index in [0.717, 1.165) is 0 Å². The molecule has 0 aromatic carbocycles. The molecule has 0 spiro atoms. The smallest absolute Gasteiger partial charge is 0.417 e. The van der Waals surface area contributed by atoms with Gasteiger partial charge in [-0.25, -0.2) is 0 Å². The molecule has 0 bridgehead atoms. The highest BCUT2D eigenvalue weighted by Crippen LogP contribution is 2.39. The summed E-state index contributed by atoms with van der Waals surface area (Å²) in [6.45, 7) is 31.9. The molecular formula is C30H88N6O15Si11. The van der Waals surface area contributed by atoms with E-state index in [4.69, 9.17) is 62.5 Å². The van der Waals surface area contributed by atoms with Gasteiger partial charge in [-0.3, -0.25) is 0 Å². The molecule has 0 aliphatic carbocycles. The number of hydrogen-bond donors (Lipinski definition) is 10. The Morgan fingerprint density at radius 3 is 1.11 bits per heavy atom. The standard InChI is InChI=1S/C30H88N6O15Si11/c1-52(2,3)41-56(13,37)45-62(44-55(10,11)12)48-58(15,43-54(7,8)9)46-57(14,42-53(4,5)6)47-59(38,28-16-22-34-25-19-31)49-60(39,29-17-23-35-26-20-32)50-61(40,51-62)30-18-24-36-27-21-33/h34-40H,16-33H2,1-15H3. The van der Waals surface area contributed by atoms with E-state index in [0.29, 0.717) is 71.7 Å². The van der Waals surface area contributed by atoms with E-state index in [9.17, 15) is 19.2 Å². The fourth-order valence-corrected chi connectivity index (χ4v) is 50.1. The maximum atomic E-state index is 13.1. The Balaban J connectivity index is 4.48. The normalized spacial score (nSPS) is 31.1. The van der Waals surface area contributed by atoms with Gasteiger partial charge in [0.1, 0.15) is 0 Å². The lowest BCUT2D eigenvalue weighted by Gasteiger charge is -2.49. The van der Waals surface area contributed by atoms with Crippen molar-refractivity contribution in [2.45, 2.75) is 136 Å². The van der Waals surface area contributed by atoms with Gasteiger partial charge in [0.05, 0.1) is 0 Å². The quantitative estimate of drug-likeness (QED) is 0.0390. The molecular weight excluding hydrogens is 993 g/mol. The summed E-state index contributed by atoms with van der Waals surface area (Å²) in [7, 11) is -42.8. The summed E-state index contributed by atoms with van der Waals surface area (Å²) in [5.41, 5.74) is 17.2. The molecule has 1 aliphatic heterocycles. The first-order valence-corrected chi connectivity index (χ1v) is 49.7. The van der Waals surface area contributed by atoms with Crippen molar-refractivity contribution < 1.29 is 64.4 Å². The SMILES string of the molecule is C[Si](C)(C)O[Si](C)(O)O[Si]1(O[Si](C)(C)C)O[Si](O)(CCCNCCN)O[Si](O)(CCCNCCN)O[Si](O)(CCCNCCN)O[Si](C)(O[Si](C)(C)C)O[Si](C)(O[Si](C)(C)C)O1. The van der Waals surface area contributed by atoms with Crippen LogP contribution in [0.5, 0.6) is 0 Å². The Kier molecular flexibility index (Phi) is 25.2. The minimum atomic E-state index is -5.04. The number of nitrogens with two attached hydrogens (primary N) is 3. The van der Waals surface area contributed by atoms with Crippen molar-refractivity contribution in [3.8, 4) is 0 Å². The second-order valence-electron chi connectivity index (χ2n) is 19.8. The third-order valence-electron chi connectivity index (χ3n) is 7.67. The van der Waals surface area contributed by atoms with Gasteiger partial charge in [-0.2, -0.15) is 0 Å². The summed E-state index contributed by atoms with van der Waals surface area (Å²) in [6, 6.07) is -0.336. The zero-order valence-corrected chi connectivity index (χ0v) is 51.6. The van der Waals surface area contributed by atoms with E-state index in [1.54, 1.807) is 13.1 Å². The minimum Gasteiger partial charge on any atom is -0.417 e. The molecule has 7 unspecified atom stereocenters. The average molecular weight is 1080 g/mol. The molecule has 1 saturated heterocycles. The maximum absolute atomic E-state index is 13.1. The van der Waals surface area contributed by atoms with Crippen molar-refractivity contribution >= 4 is 95.1 Å². The molecule has 0 saturated carbocycles. The summed E-state index contributed by atoms with van der Waals surface area (Å²) < 4.78 is 74.7. The van der Waals surface area contributed by atoms with Crippen LogP contribution in [-0.4, -0.2) is 173 Å². The molecule has 0 aromatic rings. The number of rotatable bonds is 28. The van der Waals surface area contributed by atoms with Crippen molar-refractivity contribution in [2.24, 2.45) is 17.2 Å². The highest BCUT2D eigenvalue weighted by molar-refractivity contribution is 6.94. The molecule has 372 valence electrons. The first-order valence-electron chi connectivity index (χ1n) is 21.8. The van der Waals surface area contributed by atoms with Gasteiger partial charge >= 0.3 is 61.9 Å². The second kappa shape index (κ2) is 25.4. The molecule has 62 heavy (non-hydrogen) atoms. The lowest BCUT2D eigenvalue weighted by atomic mass is 10.5. The zero-order chi connectivity index (χ0) is 48.0. The van der Waals surface area contributed by atoms with Gasteiger partial charge in [-0.05, 0) is 117 Å². The summed E-state index contributed by atoms with van der Waals surface area (Å²) in [5, 5.41) is 9.67. The van der Waals surface area contributed by atoms with Crippen LogP contribution < -0.4 is 33.2 Å². The Morgan fingerprint density at radius 2 is 0.774 bits per heavy atom. The Bertz CT molecular complexity index is 1320. The van der Waals surface area contributed by atoms with Crippen LogP contribution in [0.15, 0.2) is 0 Å². The lowest BCUT2D eigenvalue weighted by molar-refractivity contribution is 0.0389. The van der Waals surface area contributed by atoms with Gasteiger partial charge in [0, 0.05) is 77.0 Å². The summed E-state index contributed by atoms with van der Waals surface area (Å²) in [4.78, 5) is 50.9. The van der Waals surface area contributed by atoms with E-state index < -0.39 is 95.1 Å². The molecule has 1 aliphatic rings. The Hall–Kier alpha value is 1.55. The van der Waals surface area contributed by atoms with E-state index in [2.05, 4.69) is 16.0 Å².